The molecule has 0 saturated heterocycles. The molecule has 0 amide bonds. The molecule has 0 aromatic heterocycles. The van der Waals surface area contributed by atoms with Crippen molar-refractivity contribution in [1.29, 1.82) is 0 Å². The fraction of sp³-hybridized carbons (Fsp3) is 0.273. The highest BCUT2D eigenvalue weighted by Gasteiger charge is 2.06. The Hall–Kier alpha value is -1.16. The van der Waals surface area contributed by atoms with Gasteiger partial charge in [-0.3, -0.25) is 9.59 Å². The van der Waals surface area contributed by atoms with Crippen molar-refractivity contribution in [2.24, 2.45) is 0 Å². The molecular formula is C11H11BrO3. The fourth-order valence-corrected chi connectivity index (χ4v) is 1.44. The van der Waals surface area contributed by atoms with Gasteiger partial charge in [0.1, 0.15) is 6.61 Å². The summed E-state index contributed by atoms with van der Waals surface area (Å²) in [5.74, 6) is -0.346. The molecule has 1 aromatic carbocycles. The minimum Gasteiger partial charge on any atom is -0.461 e. The van der Waals surface area contributed by atoms with Crippen molar-refractivity contribution in [1.82, 2.24) is 0 Å². The van der Waals surface area contributed by atoms with Gasteiger partial charge in [-0.1, -0.05) is 22.0 Å². The summed E-state index contributed by atoms with van der Waals surface area (Å²) in [5, 5.41) is 0. The van der Waals surface area contributed by atoms with E-state index in [0.717, 1.165) is 10.0 Å². The highest BCUT2D eigenvalue weighted by Crippen LogP contribution is 2.19. The van der Waals surface area contributed by atoms with Crippen LogP contribution in [0.3, 0.4) is 0 Å². The van der Waals surface area contributed by atoms with Gasteiger partial charge in [-0.05, 0) is 19.1 Å². The Bertz CT molecular complexity index is 399. The zero-order valence-electron chi connectivity index (χ0n) is 8.54. The van der Waals surface area contributed by atoms with Crippen molar-refractivity contribution in [2.75, 3.05) is 0 Å². The second kappa shape index (κ2) is 5.07. The van der Waals surface area contributed by atoms with Gasteiger partial charge >= 0.3 is 5.97 Å². The van der Waals surface area contributed by atoms with Crippen LogP contribution in [-0.2, 0) is 16.1 Å². The van der Waals surface area contributed by atoms with Crippen LogP contribution in [0, 0.1) is 0 Å². The van der Waals surface area contributed by atoms with E-state index in [1.807, 2.05) is 0 Å². The van der Waals surface area contributed by atoms with Crippen molar-refractivity contribution in [2.45, 2.75) is 20.5 Å². The number of esters is 1. The summed E-state index contributed by atoms with van der Waals surface area (Å²) >= 11 is 3.33. The maximum absolute atomic E-state index is 11.1. The molecule has 0 aliphatic carbocycles. The van der Waals surface area contributed by atoms with Crippen LogP contribution in [0.1, 0.15) is 29.8 Å². The van der Waals surface area contributed by atoms with E-state index in [1.54, 1.807) is 18.2 Å². The Morgan fingerprint density at radius 3 is 2.53 bits per heavy atom. The number of hydrogen-bond acceptors (Lipinski definition) is 3. The summed E-state index contributed by atoms with van der Waals surface area (Å²) in [6, 6.07) is 5.22. The van der Waals surface area contributed by atoms with E-state index in [4.69, 9.17) is 4.74 Å². The molecule has 0 N–H and O–H groups in total. The Morgan fingerprint density at radius 1 is 1.33 bits per heavy atom. The molecule has 0 heterocycles. The summed E-state index contributed by atoms with van der Waals surface area (Å²) in [4.78, 5) is 21.8. The highest BCUT2D eigenvalue weighted by atomic mass is 79.9. The van der Waals surface area contributed by atoms with Crippen LogP contribution in [0.15, 0.2) is 22.7 Å². The van der Waals surface area contributed by atoms with Gasteiger partial charge in [-0.25, -0.2) is 0 Å². The first-order chi connectivity index (χ1) is 7.00. The molecule has 1 rings (SSSR count). The van der Waals surface area contributed by atoms with E-state index < -0.39 is 0 Å². The Morgan fingerprint density at radius 2 is 2.00 bits per heavy atom. The number of rotatable bonds is 3. The van der Waals surface area contributed by atoms with Crippen LogP contribution < -0.4 is 0 Å². The minimum atomic E-state index is -0.338. The minimum absolute atomic E-state index is 0.00780. The van der Waals surface area contributed by atoms with E-state index >= 15 is 0 Å². The van der Waals surface area contributed by atoms with Gasteiger partial charge in [0.2, 0.25) is 0 Å². The van der Waals surface area contributed by atoms with Crippen LogP contribution in [0.25, 0.3) is 0 Å². The lowest BCUT2D eigenvalue weighted by Gasteiger charge is -2.06. The molecule has 15 heavy (non-hydrogen) atoms. The Labute approximate surface area is 96.6 Å². The average Bonchev–Trinajstić information content (AvgIpc) is 2.16. The van der Waals surface area contributed by atoms with E-state index in [9.17, 15) is 9.59 Å². The van der Waals surface area contributed by atoms with Crippen LogP contribution in [-0.4, -0.2) is 11.8 Å². The maximum Gasteiger partial charge on any atom is 0.302 e. The number of hydrogen-bond donors (Lipinski definition) is 0. The number of Topliss-reactive ketones (excluding diaryl/α,β-unsaturated/α-hetero) is 1. The normalized spacial score (nSPS) is 9.80. The largest absolute Gasteiger partial charge is 0.461 e. The third-order valence-electron chi connectivity index (χ3n) is 1.88. The topological polar surface area (TPSA) is 43.4 Å². The molecule has 0 spiro atoms. The van der Waals surface area contributed by atoms with Gasteiger partial charge in [0.05, 0.1) is 0 Å². The van der Waals surface area contributed by atoms with Gasteiger partial charge in [0, 0.05) is 22.5 Å². The highest BCUT2D eigenvalue weighted by molar-refractivity contribution is 9.10. The van der Waals surface area contributed by atoms with Crippen LogP contribution >= 0.6 is 15.9 Å². The smallest absolute Gasteiger partial charge is 0.302 e. The number of carbonyl (C=O) groups is 2. The summed E-state index contributed by atoms with van der Waals surface area (Å²) < 4.78 is 5.69. The quantitative estimate of drug-likeness (QED) is 0.627. The predicted molar refractivity (Wildman–Crippen MR) is 59.6 cm³/mol. The van der Waals surface area contributed by atoms with Gasteiger partial charge in [0.25, 0.3) is 0 Å². The lowest BCUT2D eigenvalue weighted by Crippen LogP contribution is -2.01. The van der Waals surface area contributed by atoms with E-state index in [1.165, 1.54) is 13.8 Å². The summed E-state index contributed by atoms with van der Waals surface area (Å²) in [5.41, 5.74) is 1.40. The molecule has 0 aliphatic heterocycles. The molecule has 80 valence electrons. The number of ketones is 1. The second-order valence-corrected chi connectivity index (χ2v) is 4.00. The molecule has 0 unspecified atom stereocenters. The maximum atomic E-state index is 11.1. The summed E-state index contributed by atoms with van der Waals surface area (Å²) in [7, 11) is 0. The monoisotopic (exact) mass is 270 g/mol. The van der Waals surface area contributed by atoms with Crippen LogP contribution in [0.5, 0.6) is 0 Å². The number of carbonyl (C=O) groups excluding carboxylic acids is 2. The summed E-state index contributed by atoms with van der Waals surface area (Å²) in [6.45, 7) is 3.03. The molecule has 0 fully saturated rings. The predicted octanol–water partition coefficient (Wildman–Crippen LogP) is 2.71. The van der Waals surface area contributed by atoms with E-state index in [-0.39, 0.29) is 18.4 Å². The standard InChI is InChI=1S/C11H11BrO3/c1-7(13)9-3-4-11(12)10(5-9)6-15-8(2)14/h3-5H,6H2,1-2H3. The number of benzene rings is 1. The van der Waals surface area contributed by atoms with Crippen molar-refractivity contribution >= 4 is 27.7 Å². The van der Waals surface area contributed by atoms with Gasteiger partial charge < -0.3 is 4.74 Å². The zero-order valence-corrected chi connectivity index (χ0v) is 10.1. The Kier molecular flexibility index (Phi) is 4.03. The average molecular weight is 271 g/mol. The van der Waals surface area contributed by atoms with E-state index in [0.29, 0.717) is 5.56 Å². The first kappa shape index (κ1) is 11.9. The molecule has 0 radical (unpaired) electrons. The molecule has 4 heteroatoms. The fourth-order valence-electron chi connectivity index (χ4n) is 1.08. The molecule has 0 saturated carbocycles. The molecule has 0 atom stereocenters. The molecule has 1 aromatic rings. The van der Waals surface area contributed by atoms with Gasteiger partial charge in [0.15, 0.2) is 5.78 Å². The molecule has 0 bridgehead atoms. The van der Waals surface area contributed by atoms with Crippen LogP contribution in [0.2, 0.25) is 0 Å². The van der Waals surface area contributed by atoms with Crippen molar-refractivity contribution in [3.05, 3.63) is 33.8 Å². The molecule has 0 aliphatic rings. The summed E-state index contributed by atoms with van der Waals surface area (Å²) in [6.07, 6.45) is 0. The molecule has 3 nitrogen and oxygen atoms in total. The first-order valence-electron chi connectivity index (χ1n) is 4.43. The first-order valence-corrected chi connectivity index (χ1v) is 5.22. The van der Waals surface area contributed by atoms with Crippen LogP contribution in [0.4, 0.5) is 0 Å². The number of ether oxygens (including phenoxy) is 1. The Balaban J connectivity index is 2.90. The lowest BCUT2D eigenvalue weighted by atomic mass is 10.1. The lowest BCUT2D eigenvalue weighted by molar-refractivity contribution is -0.142. The zero-order chi connectivity index (χ0) is 11.4. The van der Waals surface area contributed by atoms with Gasteiger partial charge in [-0.15, -0.1) is 0 Å². The van der Waals surface area contributed by atoms with Crippen molar-refractivity contribution in [3.63, 3.8) is 0 Å². The second-order valence-electron chi connectivity index (χ2n) is 3.14. The van der Waals surface area contributed by atoms with Crippen molar-refractivity contribution in [3.8, 4) is 0 Å². The third kappa shape index (κ3) is 3.47. The number of halogens is 1. The third-order valence-corrected chi connectivity index (χ3v) is 2.66. The van der Waals surface area contributed by atoms with E-state index in [2.05, 4.69) is 15.9 Å². The molecular weight excluding hydrogens is 260 g/mol. The SMILES string of the molecule is CC(=O)OCc1cc(C(C)=O)ccc1Br. The van der Waals surface area contributed by atoms with Gasteiger partial charge in [-0.2, -0.15) is 0 Å². The van der Waals surface area contributed by atoms with Crippen molar-refractivity contribution < 1.29 is 14.3 Å².